The number of rotatable bonds is 5. The van der Waals surface area contributed by atoms with Gasteiger partial charge in [0.15, 0.2) is 5.96 Å². The lowest BCUT2D eigenvalue weighted by atomic mass is 9.85. The Bertz CT molecular complexity index is 684. The molecule has 0 radical (unpaired) electrons. The smallest absolute Gasteiger partial charge is 0.223 e. The molecule has 27 heavy (non-hydrogen) atoms. The van der Waals surface area contributed by atoms with Crippen molar-refractivity contribution >= 4 is 51.8 Å². The summed E-state index contributed by atoms with van der Waals surface area (Å²) in [6.07, 6.45) is 6.03. The van der Waals surface area contributed by atoms with Crippen molar-refractivity contribution in [2.45, 2.75) is 57.2 Å². The SMILES string of the molecule is CN=C(NCc1ccc(Br)cc1F)NC1CCCC(C(=O)NC2CC2)C1.I. The molecule has 0 bridgehead atoms. The maximum Gasteiger partial charge on any atom is 0.223 e. The lowest BCUT2D eigenvalue weighted by Gasteiger charge is -2.30. The molecule has 3 N–H and O–H groups in total. The zero-order valence-corrected chi connectivity index (χ0v) is 19.3. The van der Waals surface area contributed by atoms with Crippen LogP contribution in [0.25, 0.3) is 0 Å². The highest BCUT2D eigenvalue weighted by Crippen LogP contribution is 2.26. The van der Waals surface area contributed by atoms with Gasteiger partial charge in [-0.05, 0) is 44.2 Å². The van der Waals surface area contributed by atoms with Crippen LogP contribution in [-0.4, -0.2) is 31.0 Å². The van der Waals surface area contributed by atoms with Gasteiger partial charge in [0.2, 0.25) is 5.91 Å². The van der Waals surface area contributed by atoms with Crippen molar-refractivity contribution in [3.05, 3.63) is 34.1 Å². The van der Waals surface area contributed by atoms with Crippen molar-refractivity contribution in [2.75, 3.05) is 7.05 Å². The van der Waals surface area contributed by atoms with Crippen molar-refractivity contribution in [2.24, 2.45) is 10.9 Å². The van der Waals surface area contributed by atoms with Crippen LogP contribution in [-0.2, 0) is 11.3 Å². The molecule has 2 unspecified atom stereocenters. The number of amides is 1. The summed E-state index contributed by atoms with van der Waals surface area (Å²) < 4.78 is 14.7. The summed E-state index contributed by atoms with van der Waals surface area (Å²) in [7, 11) is 1.70. The molecule has 1 aromatic rings. The molecule has 2 aliphatic carbocycles. The van der Waals surface area contributed by atoms with Crippen molar-refractivity contribution in [3.8, 4) is 0 Å². The molecule has 0 spiro atoms. The van der Waals surface area contributed by atoms with Crippen LogP contribution >= 0.6 is 39.9 Å². The second-order valence-electron chi connectivity index (χ2n) is 7.15. The Morgan fingerprint density at radius 2 is 2.00 bits per heavy atom. The summed E-state index contributed by atoms with van der Waals surface area (Å²) in [5.41, 5.74) is 0.585. The van der Waals surface area contributed by atoms with E-state index in [9.17, 15) is 9.18 Å². The van der Waals surface area contributed by atoms with Crippen LogP contribution in [0.15, 0.2) is 27.7 Å². The molecule has 8 heteroatoms. The van der Waals surface area contributed by atoms with E-state index in [1.807, 2.05) is 6.07 Å². The molecule has 150 valence electrons. The first-order valence-electron chi connectivity index (χ1n) is 9.26. The van der Waals surface area contributed by atoms with E-state index in [1.54, 1.807) is 13.1 Å². The monoisotopic (exact) mass is 552 g/mol. The van der Waals surface area contributed by atoms with Crippen LogP contribution in [0.5, 0.6) is 0 Å². The van der Waals surface area contributed by atoms with Crippen LogP contribution < -0.4 is 16.0 Å². The van der Waals surface area contributed by atoms with E-state index in [0.29, 0.717) is 24.1 Å². The van der Waals surface area contributed by atoms with Crippen LogP contribution in [0.3, 0.4) is 0 Å². The standard InChI is InChI=1S/C19H26BrFN4O.HI/c1-22-19(23-11-13-5-6-14(20)10-17(13)21)25-16-4-2-3-12(9-16)18(26)24-15-7-8-15;/h5-6,10,12,15-16H,2-4,7-9,11H2,1H3,(H,24,26)(H2,22,23,25);1H. The topological polar surface area (TPSA) is 65.5 Å². The summed E-state index contributed by atoms with van der Waals surface area (Å²) in [4.78, 5) is 16.5. The van der Waals surface area contributed by atoms with E-state index < -0.39 is 0 Å². The van der Waals surface area contributed by atoms with E-state index in [4.69, 9.17) is 0 Å². The van der Waals surface area contributed by atoms with E-state index in [2.05, 4.69) is 36.9 Å². The number of benzene rings is 1. The Morgan fingerprint density at radius 3 is 2.67 bits per heavy atom. The zero-order chi connectivity index (χ0) is 18.5. The van der Waals surface area contributed by atoms with E-state index in [1.165, 1.54) is 6.07 Å². The molecule has 0 heterocycles. The minimum atomic E-state index is -0.253. The maximum absolute atomic E-state index is 13.9. The average Bonchev–Trinajstić information content (AvgIpc) is 3.44. The van der Waals surface area contributed by atoms with Crippen molar-refractivity contribution in [1.29, 1.82) is 0 Å². The highest BCUT2D eigenvalue weighted by molar-refractivity contribution is 14.0. The lowest BCUT2D eigenvalue weighted by Crippen LogP contribution is -2.47. The number of carbonyl (C=O) groups excluding carboxylic acids is 1. The van der Waals surface area contributed by atoms with Crippen LogP contribution in [0.1, 0.15) is 44.1 Å². The second kappa shape index (κ2) is 10.6. The van der Waals surface area contributed by atoms with E-state index in [0.717, 1.165) is 43.0 Å². The fourth-order valence-electron chi connectivity index (χ4n) is 3.34. The van der Waals surface area contributed by atoms with Gasteiger partial charge in [-0.15, -0.1) is 24.0 Å². The van der Waals surface area contributed by atoms with Gasteiger partial charge in [-0.2, -0.15) is 0 Å². The predicted molar refractivity (Wildman–Crippen MR) is 120 cm³/mol. The third-order valence-corrected chi connectivity index (χ3v) is 5.49. The van der Waals surface area contributed by atoms with Gasteiger partial charge in [-0.3, -0.25) is 9.79 Å². The number of hydrogen-bond donors (Lipinski definition) is 3. The molecule has 0 aliphatic heterocycles. The highest BCUT2D eigenvalue weighted by Gasteiger charge is 2.31. The first kappa shape index (κ1) is 22.4. The second-order valence-corrected chi connectivity index (χ2v) is 8.06. The number of nitrogens with one attached hydrogen (secondary N) is 3. The molecule has 0 saturated heterocycles. The molecular formula is C19H27BrFIN4O. The van der Waals surface area contributed by atoms with Gasteiger partial charge in [-0.25, -0.2) is 4.39 Å². The van der Waals surface area contributed by atoms with Gasteiger partial charge in [-0.1, -0.05) is 28.4 Å². The molecule has 2 fully saturated rings. The normalized spacial score (nSPS) is 22.6. The summed E-state index contributed by atoms with van der Waals surface area (Å²) in [6.45, 7) is 0.358. The summed E-state index contributed by atoms with van der Waals surface area (Å²) in [5.74, 6) is 0.653. The van der Waals surface area contributed by atoms with Crippen LogP contribution in [0, 0.1) is 11.7 Å². The molecule has 0 aromatic heterocycles. The summed E-state index contributed by atoms with van der Waals surface area (Å²) in [5, 5.41) is 9.66. The Hall–Kier alpha value is -0.900. The van der Waals surface area contributed by atoms with Gasteiger partial charge in [0.05, 0.1) is 0 Å². The maximum atomic E-state index is 13.9. The molecule has 2 atom stereocenters. The first-order valence-corrected chi connectivity index (χ1v) is 10.1. The number of carbonyl (C=O) groups is 1. The van der Waals surface area contributed by atoms with Crippen LogP contribution in [0.4, 0.5) is 4.39 Å². The Balaban J connectivity index is 0.00000261. The number of hydrogen-bond acceptors (Lipinski definition) is 2. The average molecular weight is 553 g/mol. The van der Waals surface area contributed by atoms with Gasteiger partial charge >= 0.3 is 0 Å². The van der Waals surface area contributed by atoms with Gasteiger partial charge in [0, 0.05) is 41.6 Å². The van der Waals surface area contributed by atoms with Crippen LogP contribution in [0.2, 0.25) is 0 Å². The zero-order valence-electron chi connectivity index (χ0n) is 15.4. The van der Waals surface area contributed by atoms with Gasteiger partial charge in [0.25, 0.3) is 0 Å². The Morgan fingerprint density at radius 1 is 1.22 bits per heavy atom. The molecule has 1 amide bonds. The lowest BCUT2D eigenvalue weighted by molar-refractivity contribution is -0.126. The molecule has 2 aliphatic rings. The van der Waals surface area contributed by atoms with E-state index >= 15 is 0 Å². The summed E-state index contributed by atoms with van der Waals surface area (Å²) in [6, 6.07) is 5.64. The van der Waals surface area contributed by atoms with Gasteiger partial charge in [0.1, 0.15) is 5.82 Å². The third-order valence-electron chi connectivity index (χ3n) is 4.99. The minimum Gasteiger partial charge on any atom is -0.354 e. The van der Waals surface area contributed by atoms with Crippen molar-refractivity contribution < 1.29 is 9.18 Å². The van der Waals surface area contributed by atoms with E-state index in [-0.39, 0.29) is 47.7 Å². The molecule has 3 rings (SSSR count). The van der Waals surface area contributed by atoms with Crippen molar-refractivity contribution in [3.63, 3.8) is 0 Å². The summed E-state index contributed by atoms with van der Waals surface area (Å²) >= 11 is 3.26. The quantitative estimate of drug-likeness (QED) is 0.296. The van der Waals surface area contributed by atoms with Gasteiger partial charge < -0.3 is 16.0 Å². The molecule has 5 nitrogen and oxygen atoms in total. The number of halogens is 3. The minimum absolute atomic E-state index is 0. The number of aliphatic imine (C=N–C) groups is 1. The molecular weight excluding hydrogens is 526 g/mol. The van der Waals surface area contributed by atoms with Crippen molar-refractivity contribution in [1.82, 2.24) is 16.0 Å². The molecule has 1 aromatic carbocycles. The third kappa shape index (κ3) is 6.89. The largest absolute Gasteiger partial charge is 0.354 e. The number of nitrogens with zero attached hydrogens (tertiary/aromatic N) is 1. The Kier molecular flexibility index (Phi) is 8.78. The fraction of sp³-hybridized carbons (Fsp3) is 0.579. The highest BCUT2D eigenvalue weighted by atomic mass is 127. The first-order chi connectivity index (χ1) is 12.5. The predicted octanol–water partition coefficient (Wildman–Crippen LogP) is 3.71. The molecule has 2 saturated carbocycles. The fourth-order valence-corrected chi connectivity index (χ4v) is 3.67. The number of guanidine groups is 1. The Labute approximate surface area is 185 Å².